The molecule has 3 heterocycles. The number of pyridine rings is 1. The number of carbonyl (C=O) groups excluding carboxylic acids is 1. The van der Waals surface area contributed by atoms with Crippen LogP contribution in [0, 0.1) is 12.7 Å². The fourth-order valence-corrected chi connectivity index (χ4v) is 2.91. The average molecular weight is 358 g/mol. The molecule has 26 heavy (non-hydrogen) atoms. The van der Waals surface area contributed by atoms with Crippen LogP contribution in [0.2, 0.25) is 0 Å². The number of fused-ring (bicyclic) bond motifs is 1. The number of aromatic nitrogens is 3. The lowest BCUT2D eigenvalue weighted by Crippen LogP contribution is -2.33. The summed E-state index contributed by atoms with van der Waals surface area (Å²) in [4.78, 5) is 26.3. The molecule has 0 fully saturated rings. The third-order valence-electron chi connectivity index (χ3n) is 4.49. The molecule has 1 amide bonds. The van der Waals surface area contributed by atoms with Gasteiger partial charge in [-0.05, 0) is 31.5 Å². The summed E-state index contributed by atoms with van der Waals surface area (Å²) in [5.41, 5.74) is 2.72. The first-order valence-corrected chi connectivity index (χ1v) is 8.58. The normalized spacial score (nSPS) is 15.5. The number of halogens is 1. The maximum absolute atomic E-state index is 13.5. The Kier molecular flexibility index (Phi) is 5.41. The molecular formula is C18H23FN6O. The van der Waals surface area contributed by atoms with E-state index in [0.29, 0.717) is 31.3 Å². The molecule has 2 aromatic rings. The molecule has 0 aromatic carbocycles. The first-order valence-electron chi connectivity index (χ1n) is 8.58. The van der Waals surface area contributed by atoms with Crippen molar-refractivity contribution in [2.75, 3.05) is 39.0 Å². The molecule has 138 valence electrons. The van der Waals surface area contributed by atoms with Crippen LogP contribution in [0.25, 0.3) is 0 Å². The third-order valence-corrected chi connectivity index (χ3v) is 4.49. The average Bonchev–Trinajstić information content (AvgIpc) is 3.02. The van der Waals surface area contributed by atoms with Gasteiger partial charge in [-0.25, -0.2) is 19.3 Å². The van der Waals surface area contributed by atoms with E-state index < -0.39 is 0 Å². The van der Waals surface area contributed by atoms with E-state index in [2.05, 4.69) is 25.6 Å². The summed E-state index contributed by atoms with van der Waals surface area (Å²) in [6.07, 6.45) is 3.76. The maximum atomic E-state index is 13.5. The van der Waals surface area contributed by atoms with Crippen molar-refractivity contribution in [3.8, 4) is 0 Å². The Labute approximate surface area is 152 Å². The number of amides is 1. The molecule has 0 spiro atoms. The monoisotopic (exact) mass is 358 g/mol. The molecule has 0 saturated heterocycles. The molecule has 1 aliphatic rings. The Balaban J connectivity index is 1.64. The topological polar surface area (TPSA) is 83.0 Å². The van der Waals surface area contributed by atoms with E-state index in [9.17, 15) is 9.18 Å². The summed E-state index contributed by atoms with van der Waals surface area (Å²) in [5, 5.41) is 6.29. The van der Waals surface area contributed by atoms with Crippen molar-refractivity contribution in [2.24, 2.45) is 0 Å². The minimum Gasteiger partial charge on any atom is -0.369 e. The number of hydrogen-bond donors (Lipinski definition) is 2. The second-order valence-corrected chi connectivity index (χ2v) is 6.58. The van der Waals surface area contributed by atoms with Crippen molar-refractivity contribution in [1.29, 1.82) is 0 Å². The van der Waals surface area contributed by atoms with E-state index in [1.807, 2.05) is 13.1 Å². The first kappa shape index (κ1) is 18.2. The molecule has 3 rings (SSSR count). The van der Waals surface area contributed by atoms with Gasteiger partial charge in [0.05, 0.1) is 18.7 Å². The van der Waals surface area contributed by atoms with Crippen LogP contribution in [0.15, 0.2) is 18.5 Å². The predicted molar refractivity (Wildman–Crippen MR) is 96.6 cm³/mol. The lowest BCUT2D eigenvalue weighted by Gasteiger charge is -2.13. The van der Waals surface area contributed by atoms with Crippen LogP contribution in [0.3, 0.4) is 0 Å². The van der Waals surface area contributed by atoms with Crippen molar-refractivity contribution in [3.63, 3.8) is 0 Å². The van der Waals surface area contributed by atoms with Crippen molar-refractivity contribution in [1.82, 2.24) is 25.2 Å². The summed E-state index contributed by atoms with van der Waals surface area (Å²) in [5.74, 6) is 0.944. The standard InChI is InChI=1S/C18H23FN6O/c1-11-12(4-5-20-10-16(26)25(2)3)7-21-18(24-11)15-9-23-17-14(15)6-13(19)8-22-17/h6-8,15,20H,4-5,9-10H2,1-3H3,(H,22,23). The van der Waals surface area contributed by atoms with Gasteiger partial charge in [-0.3, -0.25) is 4.79 Å². The fourth-order valence-electron chi connectivity index (χ4n) is 2.91. The Morgan fingerprint density at radius 3 is 2.92 bits per heavy atom. The van der Waals surface area contributed by atoms with Crippen molar-refractivity contribution in [3.05, 3.63) is 46.9 Å². The lowest BCUT2D eigenvalue weighted by atomic mass is 10.0. The fraction of sp³-hybridized carbons (Fsp3) is 0.444. The van der Waals surface area contributed by atoms with E-state index in [4.69, 9.17) is 0 Å². The second-order valence-electron chi connectivity index (χ2n) is 6.58. The Hall–Kier alpha value is -2.61. The first-order chi connectivity index (χ1) is 12.5. The third kappa shape index (κ3) is 3.96. The van der Waals surface area contributed by atoms with Gasteiger partial charge in [-0.15, -0.1) is 0 Å². The number of hydrogen-bond acceptors (Lipinski definition) is 6. The van der Waals surface area contributed by atoms with Crippen LogP contribution in [0.4, 0.5) is 10.2 Å². The molecular weight excluding hydrogens is 335 g/mol. The van der Waals surface area contributed by atoms with E-state index in [-0.39, 0.29) is 17.6 Å². The quantitative estimate of drug-likeness (QED) is 0.753. The predicted octanol–water partition coefficient (Wildman–Crippen LogP) is 1.10. The lowest BCUT2D eigenvalue weighted by molar-refractivity contribution is -0.127. The SMILES string of the molecule is Cc1nc(C2CNc3ncc(F)cc32)ncc1CCNCC(=O)N(C)C. The van der Waals surface area contributed by atoms with E-state index in [0.717, 1.165) is 23.2 Å². The zero-order valence-corrected chi connectivity index (χ0v) is 15.2. The molecule has 2 N–H and O–H groups in total. The highest BCUT2D eigenvalue weighted by Crippen LogP contribution is 2.33. The van der Waals surface area contributed by atoms with E-state index >= 15 is 0 Å². The summed E-state index contributed by atoms with van der Waals surface area (Å²) >= 11 is 0. The van der Waals surface area contributed by atoms with Crippen LogP contribution in [-0.4, -0.2) is 59.5 Å². The van der Waals surface area contributed by atoms with Gasteiger partial charge in [0.1, 0.15) is 17.5 Å². The van der Waals surface area contributed by atoms with Crippen LogP contribution in [-0.2, 0) is 11.2 Å². The van der Waals surface area contributed by atoms with Gasteiger partial charge in [0, 0.05) is 38.1 Å². The van der Waals surface area contributed by atoms with Crippen LogP contribution >= 0.6 is 0 Å². The summed E-state index contributed by atoms with van der Waals surface area (Å²) in [6, 6.07) is 1.49. The van der Waals surface area contributed by atoms with Crippen LogP contribution in [0.1, 0.15) is 28.6 Å². The molecule has 0 aliphatic carbocycles. The number of nitrogens with one attached hydrogen (secondary N) is 2. The molecule has 0 bridgehead atoms. The largest absolute Gasteiger partial charge is 0.369 e. The smallest absolute Gasteiger partial charge is 0.236 e. The second kappa shape index (κ2) is 7.74. The molecule has 0 radical (unpaired) electrons. The molecule has 8 heteroatoms. The number of anilines is 1. The minimum atomic E-state index is -0.357. The highest BCUT2D eigenvalue weighted by atomic mass is 19.1. The van der Waals surface area contributed by atoms with Gasteiger partial charge in [0.2, 0.25) is 5.91 Å². The maximum Gasteiger partial charge on any atom is 0.236 e. The number of aryl methyl sites for hydroxylation is 1. The summed E-state index contributed by atoms with van der Waals surface area (Å²) in [7, 11) is 3.47. The van der Waals surface area contributed by atoms with Gasteiger partial charge in [0.25, 0.3) is 0 Å². The molecule has 1 atom stereocenters. The Morgan fingerprint density at radius 1 is 1.38 bits per heavy atom. The zero-order chi connectivity index (χ0) is 18.7. The highest BCUT2D eigenvalue weighted by molar-refractivity contribution is 5.77. The van der Waals surface area contributed by atoms with Gasteiger partial charge >= 0.3 is 0 Å². The summed E-state index contributed by atoms with van der Waals surface area (Å²) < 4.78 is 13.5. The van der Waals surface area contributed by atoms with Gasteiger partial charge in [-0.1, -0.05) is 0 Å². The van der Waals surface area contributed by atoms with Crippen molar-refractivity contribution < 1.29 is 9.18 Å². The molecule has 7 nitrogen and oxygen atoms in total. The number of nitrogens with zero attached hydrogens (tertiary/aromatic N) is 4. The summed E-state index contributed by atoms with van der Waals surface area (Å²) in [6.45, 7) is 3.54. The highest BCUT2D eigenvalue weighted by Gasteiger charge is 2.28. The zero-order valence-electron chi connectivity index (χ0n) is 15.2. The van der Waals surface area contributed by atoms with Crippen LogP contribution in [0.5, 0.6) is 0 Å². The molecule has 2 aromatic heterocycles. The number of carbonyl (C=O) groups is 1. The van der Waals surface area contributed by atoms with E-state index in [1.165, 1.54) is 12.3 Å². The molecule has 0 saturated carbocycles. The number of likely N-dealkylation sites (N-methyl/N-ethyl adjacent to an activating group) is 1. The minimum absolute atomic E-state index is 0.0431. The molecule has 1 unspecified atom stereocenters. The van der Waals surface area contributed by atoms with Crippen molar-refractivity contribution >= 4 is 11.7 Å². The van der Waals surface area contributed by atoms with Gasteiger partial charge in [0.15, 0.2) is 0 Å². The van der Waals surface area contributed by atoms with E-state index in [1.54, 1.807) is 19.0 Å². The van der Waals surface area contributed by atoms with Crippen LogP contribution < -0.4 is 10.6 Å². The Morgan fingerprint density at radius 2 is 2.19 bits per heavy atom. The number of rotatable bonds is 6. The van der Waals surface area contributed by atoms with Gasteiger partial charge in [-0.2, -0.15) is 0 Å². The van der Waals surface area contributed by atoms with Crippen molar-refractivity contribution in [2.45, 2.75) is 19.3 Å². The Bertz CT molecular complexity index is 810. The van der Waals surface area contributed by atoms with Gasteiger partial charge < -0.3 is 15.5 Å². The molecule has 1 aliphatic heterocycles.